The van der Waals surface area contributed by atoms with Crippen LogP contribution in [0.4, 0.5) is 0 Å². The number of hydrogen-bond donors (Lipinski definition) is 1. The van der Waals surface area contributed by atoms with E-state index in [1.54, 1.807) is 6.26 Å². The lowest BCUT2D eigenvalue weighted by atomic mass is 10.2. The lowest BCUT2D eigenvalue weighted by molar-refractivity contribution is 0.0693. The van der Waals surface area contributed by atoms with Gasteiger partial charge in [0.05, 0.1) is 6.20 Å². The first-order valence-corrected chi connectivity index (χ1v) is 5.60. The molecule has 0 atom stereocenters. The highest BCUT2D eigenvalue weighted by Crippen LogP contribution is 2.18. The Hall–Kier alpha value is -1.30. The molecule has 1 N–H and O–H groups in total. The van der Waals surface area contributed by atoms with Crippen molar-refractivity contribution in [3.05, 3.63) is 17.5 Å². The number of nitrogens with zero attached hydrogens (tertiary/aromatic N) is 2. The van der Waals surface area contributed by atoms with Crippen molar-refractivity contribution in [3.8, 4) is 0 Å². The van der Waals surface area contributed by atoms with Crippen molar-refractivity contribution < 1.29 is 14.7 Å². The lowest BCUT2D eigenvalue weighted by Gasteiger charge is -2.09. The molecule has 0 bridgehead atoms. The molecule has 5 nitrogen and oxygen atoms in total. The van der Waals surface area contributed by atoms with Crippen molar-refractivity contribution in [1.82, 2.24) is 9.78 Å². The van der Waals surface area contributed by atoms with Gasteiger partial charge in [-0.25, -0.2) is 4.79 Å². The predicted octanol–water partition coefficient (Wildman–Crippen LogP) is 1.67. The van der Waals surface area contributed by atoms with Gasteiger partial charge >= 0.3 is 5.97 Å². The summed E-state index contributed by atoms with van der Waals surface area (Å²) < 4.78 is 1.43. The first-order valence-electron chi connectivity index (χ1n) is 4.38. The van der Waals surface area contributed by atoms with Gasteiger partial charge in [-0.1, -0.05) is 11.8 Å². The van der Waals surface area contributed by atoms with E-state index in [-0.39, 0.29) is 22.4 Å². The summed E-state index contributed by atoms with van der Waals surface area (Å²) >= 11 is 0.983. The summed E-state index contributed by atoms with van der Waals surface area (Å²) in [6, 6.07) is -0.0378. The fourth-order valence-electron chi connectivity index (χ4n) is 1.21. The summed E-state index contributed by atoms with van der Waals surface area (Å²) in [6.07, 6.45) is 2.83. The minimum Gasteiger partial charge on any atom is -0.478 e. The molecule has 1 rings (SSSR count). The molecular formula is C9H12N2O3S. The Morgan fingerprint density at radius 2 is 2.13 bits per heavy atom. The number of hydrogen-bond acceptors (Lipinski definition) is 4. The Morgan fingerprint density at radius 1 is 1.53 bits per heavy atom. The van der Waals surface area contributed by atoms with Gasteiger partial charge in [0.1, 0.15) is 11.3 Å². The Labute approximate surface area is 91.5 Å². The summed E-state index contributed by atoms with van der Waals surface area (Å²) in [6.45, 7) is 3.69. The maximum Gasteiger partial charge on any atom is 0.339 e. The maximum absolute atomic E-state index is 11.6. The van der Waals surface area contributed by atoms with E-state index in [2.05, 4.69) is 5.10 Å². The van der Waals surface area contributed by atoms with Crippen molar-refractivity contribution in [2.24, 2.45) is 0 Å². The third-order valence-corrected chi connectivity index (χ3v) is 2.46. The zero-order valence-electron chi connectivity index (χ0n) is 8.72. The van der Waals surface area contributed by atoms with Crippen molar-refractivity contribution in [2.75, 3.05) is 6.26 Å². The van der Waals surface area contributed by atoms with E-state index in [1.165, 1.54) is 10.9 Å². The van der Waals surface area contributed by atoms with Gasteiger partial charge in [0.25, 0.3) is 0 Å². The van der Waals surface area contributed by atoms with E-state index in [0.717, 1.165) is 11.8 Å². The molecule has 0 fully saturated rings. The summed E-state index contributed by atoms with van der Waals surface area (Å²) in [5, 5.41) is 12.5. The molecule has 0 aliphatic rings. The number of rotatable bonds is 3. The topological polar surface area (TPSA) is 72.2 Å². The summed E-state index contributed by atoms with van der Waals surface area (Å²) in [7, 11) is 0. The first kappa shape index (κ1) is 11.8. The van der Waals surface area contributed by atoms with Crippen molar-refractivity contribution in [1.29, 1.82) is 0 Å². The zero-order valence-corrected chi connectivity index (χ0v) is 9.54. The van der Waals surface area contributed by atoms with Gasteiger partial charge in [-0.2, -0.15) is 5.10 Å². The second-order valence-corrected chi connectivity index (χ2v) is 4.02. The summed E-state index contributed by atoms with van der Waals surface area (Å²) in [5.41, 5.74) is 0.119. The number of aromatic nitrogens is 2. The van der Waals surface area contributed by atoms with E-state index in [0.29, 0.717) is 0 Å². The minimum absolute atomic E-state index is 0.0378. The van der Waals surface area contributed by atoms with Gasteiger partial charge < -0.3 is 5.11 Å². The number of carboxylic acids is 1. The largest absolute Gasteiger partial charge is 0.478 e. The molecule has 15 heavy (non-hydrogen) atoms. The predicted molar refractivity (Wildman–Crippen MR) is 57.4 cm³/mol. The third kappa shape index (κ3) is 2.20. The van der Waals surface area contributed by atoms with Crippen LogP contribution in [0, 0.1) is 0 Å². The number of aromatic carboxylic acids is 1. The van der Waals surface area contributed by atoms with Crippen LogP contribution in [0.15, 0.2) is 6.20 Å². The second-order valence-electron chi connectivity index (χ2n) is 3.24. The molecule has 0 radical (unpaired) electrons. The van der Waals surface area contributed by atoms with Gasteiger partial charge in [-0.3, -0.25) is 9.48 Å². The standard InChI is InChI=1S/C9H12N2O3S/c1-5(2)11-7(9(14)15-3)6(4-10-11)8(12)13/h4-5H,1-3H3,(H,12,13). The fraction of sp³-hybridized carbons (Fsp3) is 0.444. The molecular weight excluding hydrogens is 216 g/mol. The van der Waals surface area contributed by atoms with E-state index >= 15 is 0 Å². The molecule has 0 aromatic carbocycles. The molecule has 1 aromatic heterocycles. The monoisotopic (exact) mass is 228 g/mol. The van der Waals surface area contributed by atoms with Crippen LogP contribution in [-0.2, 0) is 0 Å². The first-order chi connectivity index (χ1) is 6.99. The van der Waals surface area contributed by atoms with Gasteiger partial charge in [-0.15, -0.1) is 0 Å². The molecule has 0 aliphatic carbocycles. The highest BCUT2D eigenvalue weighted by atomic mass is 32.2. The van der Waals surface area contributed by atoms with E-state index in [9.17, 15) is 9.59 Å². The number of carbonyl (C=O) groups excluding carboxylic acids is 1. The molecule has 1 aromatic rings. The molecule has 0 spiro atoms. The highest BCUT2D eigenvalue weighted by Gasteiger charge is 2.23. The SMILES string of the molecule is CSC(=O)c1c(C(=O)O)cnn1C(C)C. The fourth-order valence-corrected chi connectivity index (χ4v) is 1.61. The lowest BCUT2D eigenvalue weighted by Crippen LogP contribution is -2.13. The number of carbonyl (C=O) groups is 2. The van der Waals surface area contributed by atoms with Crippen molar-refractivity contribution in [3.63, 3.8) is 0 Å². The molecule has 0 saturated heterocycles. The molecule has 1 heterocycles. The van der Waals surface area contributed by atoms with Crippen LogP contribution in [0.25, 0.3) is 0 Å². The van der Waals surface area contributed by atoms with Gasteiger partial charge in [0.2, 0.25) is 5.12 Å². The van der Waals surface area contributed by atoms with Gasteiger partial charge in [0.15, 0.2) is 0 Å². The number of thioether (sulfide) groups is 1. The average molecular weight is 228 g/mol. The maximum atomic E-state index is 11.6. The van der Waals surface area contributed by atoms with Crippen molar-refractivity contribution in [2.45, 2.75) is 19.9 Å². The highest BCUT2D eigenvalue weighted by molar-refractivity contribution is 8.13. The smallest absolute Gasteiger partial charge is 0.339 e. The van der Waals surface area contributed by atoms with Crippen LogP contribution in [0.1, 0.15) is 40.7 Å². The van der Waals surface area contributed by atoms with Crippen LogP contribution >= 0.6 is 11.8 Å². The normalized spacial score (nSPS) is 10.7. The average Bonchev–Trinajstić information content (AvgIpc) is 2.60. The summed E-state index contributed by atoms with van der Waals surface area (Å²) in [4.78, 5) is 22.4. The molecule has 0 amide bonds. The van der Waals surface area contributed by atoms with Gasteiger partial charge in [-0.05, 0) is 20.1 Å². The Morgan fingerprint density at radius 3 is 2.53 bits per heavy atom. The Balaban J connectivity index is 3.32. The second kappa shape index (κ2) is 4.48. The molecule has 6 heteroatoms. The molecule has 0 aliphatic heterocycles. The van der Waals surface area contributed by atoms with Crippen LogP contribution in [0.5, 0.6) is 0 Å². The van der Waals surface area contributed by atoms with E-state index in [1.807, 2.05) is 13.8 Å². The Kier molecular flexibility index (Phi) is 3.52. The van der Waals surface area contributed by atoms with Crippen LogP contribution in [-0.4, -0.2) is 32.2 Å². The van der Waals surface area contributed by atoms with Crippen LogP contribution in [0.3, 0.4) is 0 Å². The van der Waals surface area contributed by atoms with E-state index < -0.39 is 5.97 Å². The van der Waals surface area contributed by atoms with Crippen LogP contribution in [0.2, 0.25) is 0 Å². The van der Waals surface area contributed by atoms with Crippen LogP contribution < -0.4 is 0 Å². The zero-order chi connectivity index (χ0) is 11.6. The summed E-state index contributed by atoms with van der Waals surface area (Å²) in [5.74, 6) is -1.13. The molecule has 0 unspecified atom stereocenters. The van der Waals surface area contributed by atoms with E-state index in [4.69, 9.17) is 5.11 Å². The third-order valence-electron chi connectivity index (χ3n) is 1.89. The molecule has 0 saturated carbocycles. The number of carboxylic acid groups (broad SMARTS) is 1. The van der Waals surface area contributed by atoms with Gasteiger partial charge in [0, 0.05) is 6.04 Å². The quantitative estimate of drug-likeness (QED) is 0.851. The molecule has 82 valence electrons. The Bertz CT molecular complexity index is 398. The van der Waals surface area contributed by atoms with Crippen molar-refractivity contribution >= 4 is 22.8 Å². The minimum atomic E-state index is -1.13.